The number of carbonyl (C=O) groups is 2. The highest BCUT2D eigenvalue weighted by atomic mass is 16.5. The molecule has 1 aliphatic rings. The van der Waals surface area contributed by atoms with Crippen LogP contribution in [0.15, 0.2) is 48.7 Å². The van der Waals surface area contributed by atoms with E-state index in [-0.39, 0.29) is 19.1 Å². The van der Waals surface area contributed by atoms with Crippen molar-refractivity contribution < 1.29 is 24.2 Å². The Balaban J connectivity index is 1.65. The van der Waals surface area contributed by atoms with E-state index in [1.165, 1.54) is 11.1 Å². The van der Waals surface area contributed by atoms with Crippen LogP contribution in [0.4, 0.5) is 0 Å². The third-order valence-corrected chi connectivity index (χ3v) is 3.89. The van der Waals surface area contributed by atoms with Crippen molar-refractivity contribution in [1.29, 1.82) is 0 Å². The summed E-state index contributed by atoms with van der Waals surface area (Å²) < 4.78 is 10.7. The van der Waals surface area contributed by atoms with Gasteiger partial charge in [-0.15, -0.1) is 0 Å². The van der Waals surface area contributed by atoms with Crippen molar-refractivity contribution in [3.8, 4) is 5.88 Å². The minimum absolute atomic E-state index is 0.00717. The number of hydrogen-bond acceptors (Lipinski definition) is 5. The van der Waals surface area contributed by atoms with Crippen LogP contribution in [0.5, 0.6) is 5.88 Å². The van der Waals surface area contributed by atoms with Gasteiger partial charge in [0.25, 0.3) is 5.91 Å². The minimum Gasteiger partial charge on any atom is -0.480 e. The molecule has 1 amide bonds. The lowest BCUT2D eigenvalue weighted by Crippen LogP contribution is -2.52. The van der Waals surface area contributed by atoms with Crippen LogP contribution in [0, 0.1) is 0 Å². The van der Waals surface area contributed by atoms with E-state index in [9.17, 15) is 14.7 Å². The van der Waals surface area contributed by atoms with Crippen LogP contribution in [0.3, 0.4) is 0 Å². The van der Waals surface area contributed by atoms with Crippen LogP contribution in [0.1, 0.15) is 15.9 Å². The summed E-state index contributed by atoms with van der Waals surface area (Å²) in [5.74, 6) is -1.06. The molecule has 130 valence electrons. The van der Waals surface area contributed by atoms with Crippen molar-refractivity contribution in [2.75, 3.05) is 19.8 Å². The lowest BCUT2D eigenvalue weighted by Gasteiger charge is -2.32. The molecule has 1 N–H and O–H groups in total. The predicted molar refractivity (Wildman–Crippen MR) is 88.3 cm³/mol. The fourth-order valence-electron chi connectivity index (χ4n) is 2.54. The number of morpholine rings is 1. The number of aromatic nitrogens is 1. The van der Waals surface area contributed by atoms with E-state index in [1.54, 1.807) is 12.1 Å². The molecule has 0 saturated carbocycles. The van der Waals surface area contributed by atoms with Crippen molar-refractivity contribution in [1.82, 2.24) is 9.88 Å². The van der Waals surface area contributed by atoms with Crippen LogP contribution in [0.25, 0.3) is 0 Å². The molecule has 0 spiro atoms. The molecule has 7 heteroatoms. The summed E-state index contributed by atoms with van der Waals surface area (Å²) in [7, 11) is 0. The second-order valence-electron chi connectivity index (χ2n) is 5.59. The zero-order valence-electron chi connectivity index (χ0n) is 13.5. The SMILES string of the molecule is O=C(O)C1COCCN1C(=O)c1ccc(OCc2ccccc2)nc1. The molecule has 1 aromatic carbocycles. The van der Waals surface area contributed by atoms with Crippen molar-refractivity contribution >= 4 is 11.9 Å². The smallest absolute Gasteiger partial charge is 0.328 e. The number of amides is 1. The maximum absolute atomic E-state index is 12.5. The number of rotatable bonds is 5. The highest BCUT2D eigenvalue weighted by molar-refractivity contribution is 5.96. The fourth-order valence-corrected chi connectivity index (χ4v) is 2.54. The largest absolute Gasteiger partial charge is 0.480 e. The summed E-state index contributed by atoms with van der Waals surface area (Å²) in [5.41, 5.74) is 1.34. The Kier molecular flexibility index (Phi) is 5.25. The molecule has 0 aliphatic carbocycles. The molecular formula is C18H18N2O5. The van der Waals surface area contributed by atoms with Gasteiger partial charge in [0.15, 0.2) is 6.04 Å². The molecule has 1 fully saturated rings. The van der Waals surface area contributed by atoms with Crippen LogP contribution < -0.4 is 4.74 Å². The van der Waals surface area contributed by atoms with Gasteiger partial charge in [0, 0.05) is 18.8 Å². The Morgan fingerprint density at radius 2 is 2.04 bits per heavy atom. The average molecular weight is 342 g/mol. The lowest BCUT2D eigenvalue weighted by molar-refractivity contribution is -0.147. The summed E-state index contributed by atoms with van der Waals surface area (Å²) in [6.07, 6.45) is 1.40. The standard InChI is InChI=1S/C18H18N2O5/c21-17(20-8-9-24-12-15(20)18(22)23)14-6-7-16(19-10-14)25-11-13-4-2-1-3-5-13/h1-7,10,15H,8-9,11-12H2,(H,22,23). The van der Waals surface area contributed by atoms with E-state index in [0.29, 0.717) is 24.7 Å². The summed E-state index contributed by atoms with van der Waals surface area (Å²) in [4.78, 5) is 29.2. The third-order valence-electron chi connectivity index (χ3n) is 3.89. The Bertz CT molecular complexity index is 733. The first-order valence-electron chi connectivity index (χ1n) is 7.89. The number of ether oxygens (including phenoxy) is 2. The van der Waals surface area contributed by atoms with E-state index in [0.717, 1.165) is 5.56 Å². The number of aliphatic carboxylic acids is 1. The summed E-state index contributed by atoms with van der Waals surface area (Å²) in [5, 5.41) is 9.22. The Morgan fingerprint density at radius 3 is 2.72 bits per heavy atom. The molecule has 1 unspecified atom stereocenters. The fraction of sp³-hybridized carbons (Fsp3) is 0.278. The molecule has 1 saturated heterocycles. The van der Waals surface area contributed by atoms with Crippen LogP contribution in [-0.4, -0.2) is 52.7 Å². The number of carbonyl (C=O) groups excluding carboxylic acids is 1. The molecular weight excluding hydrogens is 324 g/mol. The second kappa shape index (κ2) is 7.76. The van der Waals surface area contributed by atoms with Gasteiger partial charge >= 0.3 is 5.97 Å². The molecule has 1 aromatic heterocycles. The summed E-state index contributed by atoms with van der Waals surface area (Å²) in [6.45, 7) is 0.932. The normalized spacial score (nSPS) is 17.1. The Hall–Kier alpha value is -2.93. The van der Waals surface area contributed by atoms with Gasteiger partial charge in [-0.05, 0) is 11.6 Å². The molecule has 2 heterocycles. The lowest BCUT2D eigenvalue weighted by atomic mass is 10.1. The number of benzene rings is 1. The maximum atomic E-state index is 12.5. The molecule has 3 rings (SSSR count). The summed E-state index contributed by atoms with van der Waals surface area (Å²) >= 11 is 0. The van der Waals surface area contributed by atoms with E-state index < -0.39 is 12.0 Å². The first-order valence-corrected chi connectivity index (χ1v) is 7.89. The number of pyridine rings is 1. The molecule has 0 bridgehead atoms. The first kappa shape index (κ1) is 16.9. The maximum Gasteiger partial charge on any atom is 0.328 e. The van der Waals surface area contributed by atoms with Crippen LogP contribution in [0.2, 0.25) is 0 Å². The van der Waals surface area contributed by atoms with Crippen molar-refractivity contribution in [2.24, 2.45) is 0 Å². The molecule has 1 atom stereocenters. The molecule has 1 aliphatic heterocycles. The molecule has 2 aromatic rings. The Labute approximate surface area is 144 Å². The zero-order chi connectivity index (χ0) is 17.6. The molecule has 0 radical (unpaired) electrons. The van der Waals surface area contributed by atoms with E-state index in [2.05, 4.69) is 4.98 Å². The first-order chi connectivity index (χ1) is 12.1. The number of hydrogen-bond donors (Lipinski definition) is 1. The second-order valence-corrected chi connectivity index (χ2v) is 5.59. The van der Waals surface area contributed by atoms with Gasteiger partial charge in [0.05, 0.1) is 18.8 Å². The average Bonchev–Trinajstić information content (AvgIpc) is 2.67. The van der Waals surface area contributed by atoms with E-state index in [1.807, 2.05) is 30.3 Å². The minimum atomic E-state index is -1.08. The predicted octanol–water partition coefficient (Wildman–Crippen LogP) is 1.59. The monoisotopic (exact) mass is 342 g/mol. The van der Waals surface area contributed by atoms with Gasteiger partial charge in [-0.2, -0.15) is 0 Å². The van der Waals surface area contributed by atoms with Gasteiger partial charge in [0.1, 0.15) is 6.61 Å². The van der Waals surface area contributed by atoms with Crippen molar-refractivity contribution in [3.63, 3.8) is 0 Å². The highest BCUT2D eigenvalue weighted by Gasteiger charge is 2.33. The molecule has 7 nitrogen and oxygen atoms in total. The van der Waals surface area contributed by atoms with Crippen LogP contribution in [-0.2, 0) is 16.1 Å². The number of nitrogens with zero attached hydrogens (tertiary/aromatic N) is 2. The van der Waals surface area contributed by atoms with Gasteiger partial charge in [-0.1, -0.05) is 30.3 Å². The topological polar surface area (TPSA) is 89.0 Å². The third kappa shape index (κ3) is 4.13. The van der Waals surface area contributed by atoms with Crippen molar-refractivity contribution in [3.05, 3.63) is 59.8 Å². The zero-order valence-corrected chi connectivity index (χ0v) is 13.5. The highest BCUT2D eigenvalue weighted by Crippen LogP contribution is 2.15. The molecule has 25 heavy (non-hydrogen) atoms. The van der Waals surface area contributed by atoms with Crippen LogP contribution >= 0.6 is 0 Å². The number of carboxylic acids is 1. The van der Waals surface area contributed by atoms with E-state index >= 15 is 0 Å². The van der Waals surface area contributed by atoms with Gasteiger partial charge < -0.3 is 19.5 Å². The van der Waals surface area contributed by atoms with Gasteiger partial charge in [0.2, 0.25) is 5.88 Å². The van der Waals surface area contributed by atoms with Crippen molar-refractivity contribution in [2.45, 2.75) is 12.6 Å². The van der Waals surface area contributed by atoms with E-state index in [4.69, 9.17) is 9.47 Å². The number of carboxylic acid groups (broad SMARTS) is 1. The van der Waals surface area contributed by atoms with Gasteiger partial charge in [-0.25, -0.2) is 9.78 Å². The quantitative estimate of drug-likeness (QED) is 0.887. The Morgan fingerprint density at radius 1 is 1.24 bits per heavy atom. The summed E-state index contributed by atoms with van der Waals surface area (Å²) in [6, 6.07) is 11.9. The van der Waals surface area contributed by atoms with Gasteiger partial charge in [-0.3, -0.25) is 4.79 Å².